The van der Waals surface area contributed by atoms with Gasteiger partial charge < -0.3 is 11.1 Å². The Bertz CT molecular complexity index is 685. The fraction of sp³-hybridized carbons (Fsp3) is 0.632. The van der Waals surface area contributed by atoms with Crippen LogP contribution in [0.1, 0.15) is 54.7 Å². The van der Waals surface area contributed by atoms with Gasteiger partial charge in [-0.1, -0.05) is 6.07 Å². The molecule has 1 heterocycles. The zero-order valence-corrected chi connectivity index (χ0v) is 14.1. The van der Waals surface area contributed by atoms with E-state index >= 15 is 0 Å². The van der Waals surface area contributed by atoms with Crippen LogP contribution in [0.25, 0.3) is 0 Å². The first-order chi connectivity index (χ1) is 11.4. The fourth-order valence-electron chi connectivity index (χ4n) is 5.59. The number of fused-ring (bicyclic) bond motifs is 2. The number of hydrogen-bond acceptors (Lipinski definition) is 3. The number of nitrogens with zero attached hydrogens (tertiary/aromatic N) is 1. The number of carbonyl (C=O) groups excluding carboxylic acids is 2. The molecule has 4 rings (SSSR count). The number of carbonyl (C=O) groups is 2. The van der Waals surface area contributed by atoms with E-state index in [9.17, 15) is 9.59 Å². The van der Waals surface area contributed by atoms with Gasteiger partial charge in [0.25, 0.3) is 5.91 Å². The minimum absolute atomic E-state index is 0.0827. The second kappa shape index (κ2) is 5.57. The third-order valence-electron chi connectivity index (χ3n) is 6.47. The summed E-state index contributed by atoms with van der Waals surface area (Å²) in [5, 5.41) is 3.19. The summed E-state index contributed by atoms with van der Waals surface area (Å²) in [6.07, 6.45) is 5.90. The Hall–Kier alpha value is -1.91. The molecule has 5 heteroatoms. The maximum atomic E-state index is 12.5. The molecule has 3 bridgehead atoms. The first-order valence-electron chi connectivity index (χ1n) is 9.00. The number of amides is 2. The third kappa shape index (κ3) is 2.60. The molecule has 3 N–H and O–H groups in total. The van der Waals surface area contributed by atoms with Crippen LogP contribution >= 0.6 is 0 Å². The van der Waals surface area contributed by atoms with Crippen LogP contribution < -0.4 is 11.1 Å². The van der Waals surface area contributed by atoms with Gasteiger partial charge >= 0.3 is 0 Å². The van der Waals surface area contributed by atoms with Crippen LogP contribution in [-0.4, -0.2) is 22.8 Å². The molecule has 0 spiro atoms. The van der Waals surface area contributed by atoms with Crippen molar-refractivity contribution >= 4 is 11.8 Å². The van der Waals surface area contributed by atoms with E-state index in [2.05, 4.69) is 10.3 Å². The van der Waals surface area contributed by atoms with Crippen LogP contribution in [-0.2, 0) is 4.79 Å². The smallest absolute Gasteiger partial charge is 0.270 e. The predicted octanol–water partition coefficient (Wildman–Crippen LogP) is 2.19. The van der Waals surface area contributed by atoms with Crippen LogP contribution in [0.2, 0.25) is 0 Å². The van der Waals surface area contributed by atoms with E-state index in [1.165, 1.54) is 6.42 Å². The zero-order chi connectivity index (χ0) is 16.9. The fourth-order valence-corrected chi connectivity index (χ4v) is 5.59. The van der Waals surface area contributed by atoms with Crippen molar-refractivity contribution in [3.8, 4) is 0 Å². The highest BCUT2D eigenvalue weighted by Gasteiger charge is 2.55. The molecule has 2 amide bonds. The molecule has 0 aromatic carbocycles. The molecule has 3 aliphatic rings. The van der Waals surface area contributed by atoms with Crippen LogP contribution in [0.15, 0.2) is 18.2 Å². The van der Waals surface area contributed by atoms with Gasteiger partial charge in [-0.25, -0.2) is 4.98 Å². The number of aryl methyl sites for hydroxylation is 1. The molecule has 3 saturated carbocycles. The maximum Gasteiger partial charge on any atom is 0.270 e. The second-order valence-corrected chi connectivity index (χ2v) is 8.18. The number of nitrogens with one attached hydrogen (secondary N) is 1. The van der Waals surface area contributed by atoms with Crippen molar-refractivity contribution in [1.82, 2.24) is 10.3 Å². The van der Waals surface area contributed by atoms with Gasteiger partial charge in [-0.15, -0.1) is 0 Å². The van der Waals surface area contributed by atoms with Crippen molar-refractivity contribution in [2.24, 2.45) is 28.9 Å². The Kier molecular flexibility index (Phi) is 3.62. The molecule has 1 aromatic rings. The normalized spacial score (nSPS) is 37.0. The lowest BCUT2D eigenvalue weighted by molar-refractivity contribution is -0.129. The lowest BCUT2D eigenvalue weighted by atomic mass is 9.69. The maximum absolute atomic E-state index is 12.5. The van der Waals surface area contributed by atoms with Gasteiger partial charge in [0.15, 0.2) is 0 Å². The quantitative estimate of drug-likeness (QED) is 0.892. The molecule has 128 valence electrons. The van der Waals surface area contributed by atoms with Crippen molar-refractivity contribution in [3.63, 3.8) is 0 Å². The molecule has 24 heavy (non-hydrogen) atoms. The summed E-state index contributed by atoms with van der Waals surface area (Å²) < 4.78 is 0. The van der Waals surface area contributed by atoms with Gasteiger partial charge in [0.1, 0.15) is 5.69 Å². The van der Waals surface area contributed by atoms with Crippen LogP contribution in [0.5, 0.6) is 0 Å². The summed E-state index contributed by atoms with van der Waals surface area (Å²) in [5.41, 5.74) is 6.81. The third-order valence-corrected chi connectivity index (χ3v) is 6.47. The molecule has 1 aromatic heterocycles. The van der Waals surface area contributed by atoms with Crippen molar-refractivity contribution in [2.45, 2.75) is 51.5 Å². The Morgan fingerprint density at radius 2 is 1.92 bits per heavy atom. The van der Waals surface area contributed by atoms with Gasteiger partial charge in [-0.3, -0.25) is 9.59 Å². The van der Waals surface area contributed by atoms with Crippen molar-refractivity contribution in [2.75, 3.05) is 0 Å². The number of primary amides is 1. The van der Waals surface area contributed by atoms with Gasteiger partial charge in [-0.05, 0) is 75.3 Å². The molecule has 0 saturated heterocycles. The second-order valence-electron chi connectivity index (χ2n) is 8.18. The molecule has 5 nitrogen and oxygen atoms in total. The topological polar surface area (TPSA) is 85.1 Å². The van der Waals surface area contributed by atoms with Gasteiger partial charge in [0, 0.05) is 17.2 Å². The average molecular weight is 327 g/mol. The van der Waals surface area contributed by atoms with Crippen molar-refractivity contribution in [1.29, 1.82) is 0 Å². The molecule has 0 radical (unpaired) electrons. The average Bonchev–Trinajstić information content (AvgIpc) is 2.71. The first kappa shape index (κ1) is 15.6. The Morgan fingerprint density at radius 1 is 1.17 bits per heavy atom. The van der Waals surface area contributed by atoms with Gasteiger partial charge in [-0.2, -0.15) is 0 Å². The number of pyridine rings is 1. The number of rotatable bonds is 3. The largest absolute Gasteiger partial charge is 0.369 e. The molecular formula is C19H25N3O2. The van der Waals surface area contributed by atoms with E-state index in [-0.39, 0.29) is 23.3 Å². The highest BCUT2D eigenvalue weighted by molar-refractivity contribution is 5.92. The van der Waals surface area contributed by atoms with E-state index in [1.807, 2.05) is 19.1 Å². The van der Waals surface area contributed by atoms with Crippen molar-refractivity contribution < 1.29 is 9.59 Å². The summed E-state index contributed by atoms with van der Waals surface area (Å²) in [6.45, 7) is 1.89. The molecule has 3 fully saturated rings. The van der Waals surface area contributed by atoms with E-state index in [1.54, 1.807) is 6.07 Å². The Balaban J connectivity index is 1.48. The monoisotopic (exact) mass is 327 g/mol. The summed E-state index contributed by atoms with van der Waals surface area (Å²) in [4.78, 5) is 28.8. The lowest BCUT2D eigenvalue weighted by Gasteiger charge is -2.36. The summed E-state index contributed by atoms with van der Waals surface area (Å²) in [7, 11) is 0. The SMILES string of the molecule is Cc1cccc(C(=O)NC2CC3CC4CC(C(N)=O)(C3)CC4C2)n1. The minimum Gasteiger partial charge on any atom is -0.369 e. The highest BCUT2D eigenvalue weighted by Crippen LogP contribution is 2.59. The molecule has 3 aliphatic carbocycles. The number of aromatic nitrogens is 1. The van der Waals surface area contributed by atoms with Gasteiger partial charge in [0.05, 0.1) is 0 Å². The molecule has 5 atom stereocenters. The highest BCUT2D eigenvalue weighted by atomic mass is 16.2. The van der Waals surface area contributed by atoms with Crippen LogP contribution in [0.4, 0.5) is 0 Å². The van der Waals surface area contributed by atoms with E-state index in [4.69, 9.17) is 5.73 Å². The Labute approximate surface area is 142 Å². The first-order valence-corrected chi connectivity index (χ1v) is 9.00. The minimum atomic E-state index is -0.259. The van der Waals surface area contributed by atoms with Gasteiger partial charge in [0.2, 0.25) is 5.91 Å². The van der Waals surface area contributed by atoms with E-state index in [0.29, 0.717) is 23.4 Å². The standard InChI is InChI=1S/C19H25N3O2/c1-11-3-2-4-16(21-11)17(23)22-15-6-12-5-13-9-19(8-12,18(20)24)10-14(13)7-15/h2-4,12-15H,5-10H2,1H3,(H2,20,24)(H,22,23). The summed E-state index contributed by atoms with van der Waals surface area (Å²) in [6, 6.07) is 5.70. The Morgan fingerprint density at radius 3 is 2.62 bits per heavy atom. The summed E-state index contributed by atoms with van der Waals surface area (Å²) in [5.74, 6) is 1.43. The molecule has 5 unspecified atom stereocenters. The molecule has 0 aliphatic heterocycles. The number of hydrogen-bond donors (Lipinski definition) is 2. The van der Waals surface area contributed by atoms with E-state index < -0.39 is 0 Å². The van der Waals surface area contributed by atoms with Crippen LogP contribution in [0.3, 0.4) is 0 Å². The van der Waals surface area contributed by atoms with E-state index in [0.717, 1.165) is 37.8 Å². The predicted molar refractivity (Wildman–Crippen MR) is 90.0 cm³/mol. The summed E-state index contributed by atoms with van der Waals surface area (Å²) >= 11 is 0. The molecular weight excluding hydrogens is 302 g/mol. The number of nitrogens with two attached hydrogens (primary N) is 1. The van der Waals surface area contributed by atoms with Crippen LogP contribution in [0, 0.1) is 30.1 Å². The zero-order valence-electron chi connectivity index (χ0n) is 14.1. The van der Waals surface area contributed by atoms with Crippen molar-refractivity contribution in [3.05, 3.63) is 29.6 Å². The lowest BCUT2D eigenvalue weighted by Crippen LogP contribution is -2.42.